The van der Waals surface area contributed by atoms with Crippen LogP contribution in [0.1, 0.15) is 104 Å². The Morgan fingerprint density at radius 3 is 0.935 bits per heavy atom. The molecule has 3 heteroatoms. The summed E-state index contributed by atoms with van der Waals surface area (Å²) >= 11 is 0. The molecule has 31 heavy (non-hydrogen) atoms. The van der Waals surface area contributed by atoms with Crippen molar-refractivity contribution in [2.45, 2.75) is 104 Å². The second kappa shape index (κ2) is 12.0. The van der Waals surface area contributed by atoms with Gasteiger partial charge in [0.1, 0.15) is 0 Å². The first-order valence-electron chi connectivity index (χ1n) is 11.6. The molecule has 0 amide bonds. The molecular weight excluding hydrogens is 498 g/mol. The molecule has 0 bridgehead atoms. The molecule has 2 aromatic carbocycles. The van der Waals surface area contributed by atoms with Gasteiger partial charge in [0.2, 0.25) is 0 Å². The van der Waals surface area contributed by atoms with Crippen molar-refractivity contribution in [3.05, 3.63) is 59.7 Å². The second-order valence-electron chi connectivity index (χ2n) is 11.4. The minimum absolute atomic E-state index is 0. The van der Waals surface area contributed by atoms with E-state index in [9.17, 15) is 0 Å². The average Bonchev–Trinajstić information content (AvgIpc) is 3.44. The van der Waals surface area contributed by atoms with Crippen molar-refractivity contribution in [3.8, 4) is 0 Å². The first-order valence-corrected chi connectivity index (χ1v) is 11.6. The maximum Gasteiger partial charge on any atom is 4.00 e. The standard InChI is InChI=1S/2C14H21.2ClH.Zr/c2*1-13(2,3)14(10-6-7-11-14)12-8-4-5-9-12;;;/h2*4-5,8-9H,6-7,10-11H2,1-3H3;2*1H;/q2*-1;;;+4/p-2. The van der Waals surface area contributed by atoms with Crippen LogP contribution in [0.2, 0.25) is 0 Å². The molecule has 2 aliphatic rings. The third-order valence-corrected chi connectivity index (χ3v) is 8.22. The predicted octanol–water partition coefficient (Wildman–Crippen LogP) is 2.53. The van der Waals surface area contributed by atoms with Crippen molar-refractivity contribution in [2.24, 2.45) is 10.8 Å². The molecule has 2 aromatic rings. The fourth-order valence-electron chi connectivity index (χ4n) is 6.29. The van der Waals surface area contributed by atoms with Gasteiger partial charge in [0, 0.05) is 0 Å². The summed E-state index contributed by atoms with van der Waals surface area (Å²) in [5.74, 6) is 0. The Morgan fingerprint density at radius 1 is 0.516 bits per heavy atom. The maximum atomic E-state index is 2.39. The van der Waals surface area contributed by atoms with Crippen LogP contribution in [0.3, 0.4) is 0 Å². The molecule has 0 saturated heterocycles. The van der Waals surface area contributed by atoms with Crippen LogP contribution in [0.15, 0.2) is 48.5 Å². The van der Waals surface area contributed by atoms with Crippen LogP contribution in [0, 0.1) is 10.8 Å². The van der Waals surface area contributed by atoms with E-state index < -0.39 is 0 Å². The third-order valence-electron chi connectivity index (χ3n) is 8.22. The molecule has 0 spiro atoms. The smallest absolute Gasteiger partial charge is 1.00 e. The molecule has 0 heterocycles. The van der Waals surface area contributed by atoms with Gasteiger partial charge in [0.15, 0.2) is 0 Å². The van der Waals surface area contributed by atoms with Crippen LogP contribution in [0.5, 0.6) is 0 Å². The first kappa shape index (κ1) is 31.2. The van der Waals surface area contributed by atoms with Gasteiger partial charge in [-0.1, -0.05) is 92.9 Å². The van der Waals surface area contributed by atoms with E-state index in [1.54, 1.807) is 11.1 Å². The summed E-state index contributed by atoms with van der Waals surface area (Å²) < 4.78 is 0. The quantitative estimate of drug-likeness (QED) is 0.514. The monoisotopic (exact) mass is 538 g/mol. The van der Waals surface area contributed by atoms with Crippen LogP contribution in [0.4, 0.5) is 0 Å². The Kier molecular flexibility index (Phi) is 12.1. The summed E-state index contributed by atoms with van der Waals surface area (Å²) in [7, 11) is 0. The van der Waals surface area contributed by atoms with Crippen LogP contribution in [0.25, 0.3) is 0 Å². The Morgan fingerprint density at radius 2 is 0.742 bits per heavy atom. The maximum absolute atomic E-state index is 2.39. The Hall–Kier alpha value is 0.163. The second-order valence-corrected chi connectivity index (χ2v) is 11.4. The summed E-state index contributed by atoms with van der Waals surface area (Å²) in [4.78, 5) is 0. The molecule has 172 valence electrons. The van der Waals surface area contributed by atoms with E-state index in [0.717, 1.165) is 0 Å². The molecule has 0 aromatic heterocycles. The Balaban J connectivity index is 0.000000529. The third kappa shape index (κ3) is 6.19. The van der Waals surface area contributed by atoms with Crippen LogP contribution >= 0.6 is 0 Å². The van der Waals surface area contributed by atoms with Crippen molar-refractivity contribution in [3.63, 3.8) is 0 Å². The topological polar surface area (TPSA) is 0 Å². The van der Waals surface area contributed by atoms with Gasteiger partial charge < -0.3 is 24.8 Å². The molecule has 2 fully saturated rings. The van der Waals surface area contributed by atoms with E-state index in [1.165, 1.54) is 51.4 Å². The Labute approximate surface area is 224 Å². The molecule has 0 atom stereocenters. The van der Waals surface area contributed by atoms with Crippen LogP contribution in [-0.2, 0) is 37.0 Å². The van der Waals surface area contributed by atoms with Crippen molar-refractivity contribution < 1.29 is 51.0 Å². The number of rotatable bonds is 2. The van der Waals surface area contributed by atoms with E-state index in [4.69, 9.17) is 0 Å². The normalized spacial score (nSPS) is 19.3. The minimum atomic E-state index is 0. The molecule has 0 N–H and O–H groups in total. The van der Waals surface area contributed by atoms with E-state index in [2.05, 4.69) is 90.1 Å². The Bertz CT molecular complexity index is 638. The number of hydrogen-bond donors (Lipinski definition) is 0. The van der Waals surface area contributed by atoms with Gasteiger partial charge in [-0.2, -0.15) is 35.4 Å². The minimum Gasteiger partial charge on any atom is -1.00 e. The van der Waals surface area contributed by atoms with Crippen LogP contribution in [-0.4, -0.2) is 0 Å². The van der Waals surface area contributed by atoms with Gasteiger partial charge in [0.05, 0.1) is 0 Å². The molecular formula is C28H42Cl2Zr. The fourth-order valence-corrected chi connectivity index (χ4v) is 6.29. The summed E-state index contributed by atoms with van der Waals surface area (Å²) in [5.41, 5.74) is 4.85. The predicted molar refractivity (Wildman–Crippen MR) is 123 cm³/mol. The van der Waals surface area contributed by atoms with Crippen molar-refractivity contribution >= 4 is 0 Å². The van der Waals surface area contributed by atoms with Gasteiger partial charge in [-0.15, -0.1) is 0 Å². The molecule has 0 radical (unpaired) electrons. The van der Waals surface area contributed by atoms with E-state index in [0.29, 0.717) is 21.7 Å². The zero-order chi connectivity index (χ0) is 20.5. The van der Waals surface area contributed by atoms with Crippen molar-refractivity contribution in [1.82, 2.24) is 0 Å². The van der Waals surface area contributed by atoms with Crippen molar-refractivity contribution in [1.29, 1.82) is 0 Å². The van der Waals surface area contributed by atoms with E-state index in [1.807, 2.05) is 0 Å². The van der Waals surface area contributed by atoms with Gasteiger partial charge in [0.25, 0.3) is 0 Å². The molecule has 4 rings (SSSR count). The van der Waals surface area contributed by atoms with Gasteiger partial charge >= 0.3 is 26.2 Å². The number of hydrogen-bond acceptors (Lipinski definition) is 0. The average molecular weight is 541 g/mol. The summed E-state index contributed by atoms with van der Waals surface area (Å²) in [5, 5.41) is 0. The molecule has 2 saturated carbocycles. The summed E-state index contributed by atoms with van der Waals surface area (Å²) in [6, 6.07) is 18.0. The van der Waals surface area contributed by atoms with E-state index in [-0.39, 0.29) is 51.0 Å². The fraction of sp³-hybridized carbons (Fsp3) is 0.643. The molecule has 0 unspecified atom stereocenters. The zero-order valence-corrected chi connectivity index (χ0v) is 24.5. The SMILES string of the molecule is CC(C)(C)C1([c-]2cccc2)CCCC1.CC(C)(C)C1([c-]2cccc2)CCCC1.[Cl-].[Cl-].[Zr+4]. The van der Waals surface area contributed by atoms with Crippen molar-refractivity contribution in [2.75, 3.05) is 0 Å². The van der Waals surface area contributed by atoms with Gasteiger partial charge in [-0.05, 0) is 21.7 Å². The number of halogens is 2. The van der Waals surface area contributed by atoms with Crippen LogP contribution < -0.4 is 24.8 Å². The largest absolute Gasteiger partial charge is 4.00 e. The van der Waals surface area contributed by atoms with Gasteiger partial charge in [-0.25, -0.2) is 24.3 Å². The van der Waals surface area contributed by atoms with E-state index >= 15 is 0 Å². The molecule has 2 aliphatic carbocycles. The summed E-state index contributed by atoms with van der Waals surface area (Å²) in [6.45, 7) is 14.4. The molecule has 0 aliphatic heterocycles. The van der Waals surface area contributed by atoms with Gasteiger partial charge in [-0.3, -0.25) is 0 Å². The summed E-state index contributed by atoms with van der Waals surface area (Å²) in [6.07, 6.45) is 11.1. The zero-order valence-electron chi connectivity index (χ0n) is 20.5. The molecule has 0 nitrogen and oxygen atoms in total. The first-order chi connectivity index (χ1) is 13.1.